The van der Waals surface area contributed by atoms with Gasteiger partial charge in [0.25, 0.3) is 5.91 Å². The van der Waals surface area contributed by atoms with E-state index in [-0.39, 0.29) is 11.9 Å². The van der Waals surface area contributed by atoms with Crippen LogP contribution in [0, 0.1) is 0 Å². The van der Waals surface area contributed by atoms with Gasteiger partial charge in [-0.2, -0.15) is 0 Å². The van der Waals surface area contributed by atoms with Crippen molar-refractivity contribution in [2.45, 2.75) is 19.3 Å². The van der Waals surface area contributed by atoms with E-state index in [1.54, 1.807) is 20.3 Å². The number of methoxy groups -OCH3 is 2. The zero-order chi connectivity index (χ0) is 11.3. The first-order valence-electron chi connectivity index (χ1n) is 4.59. The van der Waals surface area contributed by atoms with Crippen molar-refractivity contribution in [2.24, 2.45) is 0 Å². The summed E-state index contributed by atoms with van der Waals surface area (Å²) in [6.45, 7) is 1.84. The summed E-state index contributed by atoms with van der Waals surface area (Å²) < 4.78 is 10.1. The molecule has 4 nitrogen and oxygen atoms in total. The minimum Gasteiger partial charge on any atom is -0.354 e. The van der Waals surface area contributed by atoms with Gasteiger partial charge in [-0.05, 0) is 18.4 Å². The highest BCUT2D eigenvalue weighted by Gasteiger charge is 2.18. The van der Waals surface area contributed by atoms with E-state index >= 15 is 0 Å². The molecule has 5 heteroatoms. The lowest BCUT2D eigenvalue weighted by Gasteiger charge is -2.21. The van der Waals surface area contributed by atoms with Crippen molar-refractivity contribution in [3.05, 3.63) is 22.4 Å². The van der Waals surface area contributed by atoms with Crippen LogP contribution in [0.5, 0.6) is 0 Å². The molecule has 0 bridgehead atoms. The van der Waals surface area contributed by atoms with Crippen molar-refractivity contribution in [3.63, 3.8) is 0 Å². The lowest BCUT2D eigenvalue weighted by Crippen LogP contribution is -2.42. The molecule has 1 N–H and O–H groups in total. The van der Waals surface area contributed by atoms with Crippen molar-refractivity contribution < 1.29 is 14.3 Å². The molecule has 0 aliphatic heterocycles. The highest BCUT2D eigenvalue weighted by molar-refractivity contribution is 7.12. The van der Waals surface area contributed by atoms with Gasteiger partial charge >= 0.3 is 0 Å². The van der Waals surface area contributed by atoms with Crippen LogP contribution in [-0.2, 0) is 9.47 Å². The maximum atomic E-state index is 11.6. The maximum absolute atomic E-state index is 11.6. The van der Waals surface area contributed by atoms with Crippen LogP contribution in [0.25, 0.3) is 0 Å². The Morgan fingerprint density at radius 1 is 1.47 bits per heavy atom. The number of carbonyl (C=O) groups excluding carboxylic acids is 1. The van der Waals surface area contributed by atoms with E-state index in [1.807, 2.05) is 18.4 Å². The van der Waals surface area contributed by atoms with Gasteiger partial charge in [0.2, 0.25) is 0 Å². The van der Waals surface area contributed by atoms with Crippen molar-refractivity contribution in [1.29, 1.82) is 0 Å². The number of rotatable bonds is 5. The van der Waals surface area contributed by atoms with Gasteiger partial charge in [0, 0.05) is 14.2 Å². The summed E-state index contributed by atoms with van der Waals surface area (Å²) in [6.07, 6.45) is -0.422. The fourth-order valence-corrected chi connectivity index (χ4v) is 1.89. The monoisotopic (exact) mass is 229 g/mol. The normalized spacial score (nSPS) is 12.8. The highest BCUT2D eigenvalue weighted by atomic mass is 32.1. The maximum Gasteiger partial charge on any atom is 0.261 e. The molecule has 1 heterocycles. The van der Waals surface area contributed by atoms with E-state index in [1.165, 1.54) is 11.3 Å². The molecule has 84 valence electrons. The molecule has 0 saturated carbocycles. The highest BCUT2D eigenvalue weighted by Crippen LogP contribution is 2.09. The summed E-state index contributed by atoms with van der Waals surface area (Å²) in [5.74, 6) is -0.100. The van der Waals surface area contributed by atoms with E-state index in [0.29, 0.717) is 4.88 Å². The number of amides is 1. The number of hydrogen-bond acceptors (Lipinski definition) is 4. The van der Waals surface area contributed by atoms with Crippen molar-refractivity contribution in [1.82, 2.24) is 5.32 Å². The first-order chi connectivity index (χ1) is 7.19. The number of thiophene rings is 1. The summed E-state index contributed by atoms with van der Waals surface area (Å²) in [5, 5.41) is 4.67. The molecule has 0 aliphatic carbocycles. The molecule has 0 radical (unpaired) electrons. The number of nitrogens with one attached hydrogen (secondary N) is 1. The largest absolute Gasteiger partial charge is 0.354 e. The van der Waals surface area contributed by atoms with Crippen LogP contribution >= 0.6 is 11.3 Å². The predicted octanol–water partition coefficient (Wildman–Crippen LogP) is 1.49. The second-order valence-corrected chi connectivity index (χ2v) is 4.03. The predicted molar refractivity (Wildman–Crippen MR) is 59.1 cm³/mol. The number of ether oxygens (including phenoxy) is 2. The molecular formula is C10H15NO3S. The van der Waals surface area contributed by atoms with Gasteiger partial charge in [-0.15, -0.1) is 11.3 Å². The Morgan fingerprint density at radius 2 is 2.13 bits per heavy atom. The third kappa shape index (κ3) is 3.30. The Kier molecular flexibility index (Phi) is 4.74. The topological polar surface area (TPSA) is 47.6 Å². The lowest BCUT2D eigenvalue weighted by molar-refractivity contribution is -0.117. The molecule has 0 spiro atoms. The van der Waals surface area contributed by atoms with Gasteiger partial charge < -0.3 is 14.8 Å². The van der Waals surface area contributed by atoms with E-state index in [4.69, 9.17) is 9.47 Å². The summed E-state index contributed by atoms with van der Waals surface area (Å²) in [5.41, 5.74) is 0. The van der Waals surface area contributed by atoms with E-state index in [2.05, 4.69) is 5.32 Å². The van der Waals surface area contributed by atoms with Crippen LogP contribution in [-0.4, -0.2) is 32.5 Å². The molecule has 0 aliphatic rings. The van der Waals surface area contributed by atoms with Crippen LogP contribution in [0.1, 0.15) is 16.6 Å². The average molecular weight is 229 g/mol. The van der Waals surface area contributed by atoms with Gasteiger partial charge in [0.15, 0.2) is 6.29 Å². The third-order valence-corrected chi connectivity index (χ3v) is 2.85. The Hall–Kier alpha value is -0.910. The molecule has 1 atom stereocenters. The molecule has 1 unspecified atom stereocenters. The third-order valence-electron chi connectivity index (χ3n) is 1.98. The van der Waals surface area contributed by atoms with E-state index in [9.17, 15) is 4.79 Å². The SMILES string of the molecule is COC(OC)C(C)NC(=O)c1cccs1. The Bertz CT molecular complexity index is 296. The minimum atomic E-state index is -0.422. The number of hydrogen-bond donors (Lipinski definition) is 1. The fourth-order valence-electron chi connectivity index (χ4n) is 1.26. The zero-order valence-electron chi connectivity index (χ0n) is 9.02. The first-order valence-corrected chi connectivity index (χ1v) is 5.47. The average Bonchev–Trinajstić information content (AvgIpc) is 2.72. The lowest BCUT2D eigenvalue weighted by atomic mass is 10.3. The van der Waals surface area contributed by atoms with Crippen LogP contribution in [0.3, 0.4) is 0 Å². The molecule has 1 aromatic heterocycles. The van der Waals surface area contributed by atoms with Crippen LogP contribution in [0.4, 0.5) is 0 Å². The van der Waals surface area contributed by atoms with Crippen molar-refractivity contribution >= 4 is 17.2 Å². The van der Waals surface area contributed by atoms with Gasteiger partial charge in [-0.1, -0.05) is 6.07 Å². The van der Waals surface area contributed by atoms with Crippen LogP contribution < -0.4 is 5.32 Å². The Morgan fingerprint density at radius 3 is 2.60 bits per heavy atom. The van der Waals surface area contributed by atoms with Gasteiger partial charge in [-0.25, -0.2) is 0 Å². The molecule has 0 fully saturated rings. The second-order valence-electron chi connectivity index (χ2n) is 3.08. The molecule has 0 saturated heterocycles. The van der Waals surface area contributed by atoms with Crippen LogP contribution in [0.2, 0.25) is 0 Å². The molecular weight excluding hydrogens is 214 g/mol. The number of carbonyl (C=O) groups is 1. The second kappa shape index (κ2) is 5.85. The summed E-state index contributed by atoms with van der Waals surface area (Å²) in [4.78, 5) is 12.3. The Labute approximate surface area is 93.2 Å². The van der Waals surface area contributed by atoms with Crippen molar-refractivity contribution in [3.8, 4) is 0 Å². The summed E-state index contributed by atoms with van der Waals surface area (Å²) >= 11 is 1.41. The van der Waals surface area contributed by atoms with Gasteiger partial charge in [0.05, 0.1) is 10.9 Å². The first kappa shape index (κ1) is 12.2. The Balaban J connectivity index is 2.51. The summed E-state index contributed by atoms with van der Waals surface area (Å²) in [7, 11) is 3.09. The van der Waals surface area contributed by atoms with Gasteiger partial charge in [0.1, 0.15) is 0 Å². The molecule has 15 heavy (non-hydrogen) atoms. The van der Waals surface area contributed by atoms with E-state index in [0.717, 1.165) is 0 Å². The molecule has 1 amide bonds. The minimum absolute atomic E-state index is 0.100. The van der Waals surface area contributed by atoms with Gasteiger partial charge in [-0.3, -0.25) is 4.79 Å². The molecule has 1 aromatic rings. The van der Waals surface area contributed by atoms with E-state index < -0.39 is 6.29 Å². The molecule has 0 aromatic carbocycles. The fraction of sp³-hybridized carbons (Fsp3) is 0.500. The quantitative estimate of drug-likeness (QED) is 0.778. The standard InChI is InChI=1S/C10H15NO3S/c1-7(10(13-2)14-3)11-9(12)8-5-4-6-15-8/h4-7,10H,1-3H3,(H,11,12). The van der Waals surface area contributed by atoms with Crippen LogP contribution in [0.15, 0.2) is 17.5 Å². The smallest absolute Gasteiger partial charge is 0.261 e. The zero-order valence-corrected chi connectivity index (χ0v) is 9.84. The van der Waals surface area contributed by atoms with Crippen molar-refractivity contribution in [2.75, 3.05) is 14.2 Å². The summed E-state index contributed by atoms with van der Waals surface area (Å²) in [6, 6.07) is 3.44. The molecule has 1 rings (SSSR count).